The van der Waals surface area contributed by atoms with Gasteiger partial charge in [0.05, 0.1) is 38.7 Å². The molecule has 0 saturated carbocycles. The first-order valence-corrected chi connectivity index (χ1v) is 14.7. The first-order valence-electron chi connectivity index (χ1n) is 13.9. The number of hydrogen-bond acceptors (Lipinski definition) is 8. The van der Waals surface area contributed by atoms with Crippen LogP contribution in [0.25, 0.3) is 17.3 Å². The second-order valence-corrected chi connectivity index (χ2v) is 11.7. The number of halogens is 9. The van der Waals surface area contributed by atoms with Crippen LogP contribution in [0, 0.1) is 5.92 Å². The number of nitrogens with zero attached hydrogens (tertiary/aromatic N) is 4. The maximum Gasteiger partial charge on any atom is 0.417 e. The Bertz CT molecular complexity index is 1700. The van der Waals surface area contributed by atoms with Gasteiger partial charge >= 0.3 is 18.5 Å². The number of benzene rings is 1. The Balaban J connectivity index is 1.25. The van der Waals surface area contributed by atoms with E-state index in [0.29, 0.717) is 68.4 Å². The molecule has 47 heavy (non-hydrogen) atoms. The van der Waals surface area contributed by atoms with E-state index in [1.165, 1.54) is 12.3 Å². The van der Waals surface area contributed by atoms with E-state index in [2.05, 4.69) is 25.6 Å². The summed E-state index contributed by atoms with van der Waals surface area (Å²) in [5.74, 6) is -0.0449. The first kappa shape index (κ1) is 34.2. The number of nitrogens with one attached hydrogen (secondary N) is 2. The summed E-state index contributed by atoms with van der Waals surface area (Å²) in [7, 11) is 0. The summed E-state index contributed by atoms with van der Waals surface area (Å²) in [4.78, 5) is 38.0. The molecule has 0 bridgehead atoms. The Morgan fingerprint density at radius 1 is 0.894 bits per heavy atom. The Kier molecular flexibility index (Phi) is 9.54. The Labute approximate surface area is 264 Å². The summed E-state index contributed by atoms with van der Waals surface area (Å²) in [6, 6.07) is 3.34. The third-order valence-electron chi connectivity index (χ3n) is 7.36. The van der Waals surface area contributed by atoms with Crippen molar-refractivity contribution in [1.82, 2.24) is 25.6 Å². The van der Waals surface area contributed by atoms with Crippen LogP contribution < -0.4 is 15.5 Å². The van der Waals surface area contributed by atoms with E-state index in [0.717, 1.165) is 11.8 Å². The Morgan fingerprint density at radius 2 is 1.60 bits per heavy atom. The van der Waals surface area contributed by atoms with Crippen molar-refractivity contribution in [3.8, 4) is 11.3 Å². The normalized spacial score (nSPS) is 17.5. The van der Waals surface area contributed by atoms with Gasteiger partial charge in [-0.05, 0) is 73.5 Å². The van der Waals surface area contributed by atoms with Gasteiger partial charge in [-0.25, -0.2) is 9.97 Å². The second-order valence-electron chi connectivity index (χ2n) is 10.7. The maximum absolute atomic E-state index is 13.7. The fourth-order valence-corrected chi connectivity index (χ4v) is 5.72. The molecule has 2 aliphatic rings. The van der Waals surface area contributed by atoms with Crippen LogP contribution in [0.4, 0.5) is 50.3 Å². The molecule has 0 aliphatic carbocycles. The van der Waals surface area contributed by atoms with E-state index in [4.69, 9.17) is 0 Å². The lowest BCUT2D eigenvalue weighted by Gasteiger charge is -2.32. The van der Waals surface area contributed by atoms with Crippen LogP contribution in [0.3, 0.4) is 0 Å². The molecule has 2 amide bonds. The van der Waals surface area contributed by atoms with Crippen molar-refractivity contribution in [3.05, 3.63) is 75.6 Å². The second kappa shape index (κ2) is 13.1. The Hall–Kier alpha value is -4.19. The van der Waals surface area contributed by atoms with Gasteiger partial charge in [0.2, 0.25) is 5.95 Å². The summed E-state index contributed by atoms with van der Waals surface area (Å²) in [5, 5.41) is 4.67. The number of amides is 2. The molecule has 0 spiro atoms. The van der Waals surface area contributed by atoms with Gasteiger partial charge < -0.3 is 10.2 Å². The Morgan fingerprint density at radius 3 is 2.21 bits per heavy atom. The smallest absolute Gasteiger partial charge is 0.341 e. The van der Waals surface area contributed by atoms with Gasteiger partial charge in [0.25, 0.3) is 11.1 Å². The molecule has 4 heterocycles. The van der Waals surface area contributed by atoms with E-state index in [-0.39, 0.29) is 29.1 Å². The van der Waals surface area contributed by atoms with Gasteiger partial charge in [0.1, 0.15) is 0 Å². The maximum atomic E-state index is 13.7. The highest BCUT2D eigenvalue weighted by Crippen LogP contribution is 2.42. The predicted octanol–water partition coefficient (Wildman–Crippen LogP) is 6.93. The number of carbonyl (C=O) groups excluding carboxylic acids is 2. The monoisotopic (exact) mass is 690 g/mol. The molecule has 8 nitrogen and oxygen atoms in total. The minimum Gasteiger partial charge on any atom is -0.341 e. The lowest BCUT2D eigenvalue weighted by molar-refractivity contribution is -0.142. The van der Waals surface area contributed by atoms with Crippen LogP contribution in [0.1, 0.15) is 40.9 Å². The molecule has 0 radical (unpaired) electrons. The van der Waals surface area contributed by atoms with Crippen LogP contribution in [0.2, 0.25) is 0 Å². The van der Waals surface area contributed by atoms with Crippen molar-refractivity contribution >= 4 is 34.9 Å². The SMILES string of the molecule is O=C1NC(=O)C(=Cc2ccnc(N3CCC(CNCc4cc(C(F)(F)F)cc(-c5ccc(C(F)(F)F)cc5C(F)(F)F)n4)CC3)n2)S1. The molecule has 250 valence electrons. The largest absolute Gasteiger partial charge is 0.417 e. The van der Waals surface area contributed by atoms with E-state index in [1.54, 1.807) is 6.07 Å². The number of pyridine rings is 1. The van der Waals surface area contributed by atoms with Crippen molar-refractivity contribution in [3.63, 3.8) is 0 Å². The van der Waals surface area contributed by atoms with Gasteiger partial charge in [-0.2, -0.15) is 39.5 Å². The van der Waals surface area contributed by atoms with E-state index in [9.17, 15) is 49.1 Å². The number of anilines is 1. The molecule has 2 saturated heterocycles. The quantitative estimate of drug-likeness (QED) is 0.204. The van der Waals surface area contributed by atoms with Gasteiger partial charge in [-0.3, -0.25) is 19.9 Å². The molecule has 1 aromatic carbocycles. The van der Waals surface area contributed by atoms with Crippen LogP contribution in [0.15, 0.2) is 47.5 Å². The zero-order valence-electron chi connectivity index (χ0n) is 23.9. The summed E-state index contributed by atoms with van der Waals surface area (Å²) in [6.45, 7) is 1.15. The summed E-state index contributed by atoms with van der Waals surface area (Å²) in [5.41, 5.74) is -6.13. The number of hydrogen-bond donors (Lipinski definition) is 2. The van der Waals surface area contributed by atoms with Crippen LogP contribution >= 0.6 is 11.8 Å². The fraction of sp³-hybridized carbons (Fsp3) is 0.345. The summed E-state index contributed by atoms with van der Waals surface area (Å²) in [6.07, 6.45) is -11.1. The number of aromatic nitrogens is 3. The molecule has 2 aliphatic heterocycles. The van der Waals surface area contributed by atoms with Gasteiger partial charge in [0.15, 0.2) is 0 Å². The van der Waals surface area contributed by atoms with Gasteiger partial charge in [-0.15, -0.1) is 0 Å². The van der Waals surface area contributed by atoms with Gasteiger partial charge in [0, 0.05) is 31.4 Å². The summed E-state index contributed by atoms with van der Waals surface area (Å²) >= 11 is 0.758. The number of piperidine rings is 1. The fourth-order valence-electron chi connectivity index (χ4n) is 5.05. The standard InChI is InChI=1S/C29H23F9N6O2S/c30-27(31,32)16-1-2-20(21(10-16)29(36,37)38)22-11-17(28(33,34)35)9-19(41-22)14-39-13-15-4-7-44(8-5-15)25-40-6-3-18(42-25)12-23-24(45)43-26(46)47-23/h1-3,6,9-12,15,39H,4-5,7-8,13-14H2,(H,43,45,46). The molecule has 0 unspecified atom stereocenters. The number of thioether (sulfide) groups is 1. The molecule has 5 rings (SSSR count). The third-order valence-corrected chi connectivity index (χ3v) is 8.17. The van der Waals surface area contributed by atoms with Crippen molar-refractivity contribution < 1.29 is 49.1 Å². The molecule has 0 atom stereocenters. The molecular weight excluding hydrogens is 667 g/mol. The number of imide groups is 1. The molecule has 2 aromatic heterocycles. The summed E-state index contributed by atoms with van der Waals surface area (Å²) < 4.78 is 122. The minimum absolute atomic E-state index is 0.0677. The average Bonchev–Trinajstić information content (AvgIpc) is 3.31. The highest BCUT2D eigenvalue weighted by atomic mass is 32.2. The first-order chi connectivity index (χ1) is 22.0. The minimum atomic E-state index is -5.30. The highest BCUT2D eigenvalue weighted by molar-refractivity contribution is 8.18. The molecule has 2 N–H and O–H groups in total. The van der Waals surface area contributed by atoms with Crippen molar-refractivity contribution in [2.45, 2.75) is 37.9 Å². The van der Waals surface area contributed by atoms with Gasteiger partial charge in [-0.1, -0.05) is 6.07 Å². The van der Waals surface area contributed by atoms with Crippen LogP contribution in [-0.2, 0) is 29.9 Å². The van der Waals surface area contributed by atoms with E-state index < -0.39 is 57.6 Å². The van der Waals surface area contributed by atoms with E-state index in [1.807, 2.05) is 4.90 Å². The zero-order chi connectivity index (χ0) is 34.1. The van der Waals surface area contributed by atoms with E-state index >= 15 is 0 Å². The van der Waals surface area contributed by atoms with Crippen LogP contribution in [0.5, 0.6) is 0 Å². The highest BCUT2D eigenvalue weighted by Gasteiger charge is 2.39. The average molecular weight is 691 g/mol. The lowest BCUT2D eigenvalue weighted by atomic mass is 9.97. The number of alkyl halides is 9. The molecule has 3 aromatic rings. The number of rotatable bonds is 7. The van der Waals surface area contributed by atoms with Crippen LogP contribution in [-0.4, -0.2) is 45.7 Å². The van der Waals surface area contributed by atoms with Crippen molar-refractivity contribution in [2.75, 3.05) is 24.5 Å². The topological polar surface area (TPSA) is 100 Å². The molecule has 18 heteroatoms. The molecule has 2 fully saturated rings. The third kappa shape index (κ3) is 8.40. The zero-order valence-corrected chi connectivity index (χ0v) is 24.7. The van der Waals surface area contributed by atoms with Crippen molar-refractivity contribution in [1.29, 1.82) is 0 Å². The lowest BCUT2D eigenvalue weighted by Crippen LogP contribution is -2.38. The number of carbonyl (C=O) groups is 2. The van der Waals surface area contributed by atoms with Crippen molar-refractivity contribution in [2.24, 2.45) is 5.92 Å². The molecular formula is C29H23F9N6O2S. The predicted molar refractivity (Wildman–Crippen MR) is 152 cm³/mol.